The van der Waals surface area contributed by atoms with Crippen molar-refractivity contribution in [2.24, 2.45) is 0 Å². The lowest BCUT2D eigenvalue weighted by molar-refractivity contribution is 0.902. The van der Waals surface area contributed by atoms with E-state index in [-0.39, 0.29) is 0 Å². The van der Waals surface area contributed by atoms with E-state index >= 15 is 0 Å². The van der Waals surface area contributed by atoms with Gasteiger partial charge in [-0.15, -0.1) is 10.2 Å². The Morgan fingerprint density at radius 2 is 2.00 bits per heavy atom. The van der Waals surface area contributed by atoms with Gasteiger partial charge >= 0.3 is 0 Å². The molecule has 6 heteroatoms. The predicted molar refractivity (Wildman–Crippen MR) is 73.1 cm³/mol. The minimum atomic E-state index is 0.646. The molecule has 5 nitrogen and oxygen atoms in total. The lowest BCUT2D eigenvalue weighted by atomic mass is 10.2. The Morgan fingerprint density at radius 1 is 1.17 bits per heavy atom. The van der Waals surface area contributed by atoms with Crippen LogP contribution in [0.5, 0.6) is 0 Å². The van der Waals surface area contributed by atoms with E-state index in [0.29, 0.717) is 17.2 Å². The molecule has 3 rings (SSSR count). The van der Waals surface area contributed by atoms with Gasteiger partial charge in [0.1, 0.15) is 0 Å². The summed E-state index contributed by atoms with van der Waals surface area (Å²) in [5.41, 5.74) is 9.05. The molecule has 0 atom stereocenters. The number of benzene rings is 1. The lowest BCUT2D eigenvalue weighted by Gasteiger charge is -2.04. The smallest absolute Gasteiger partial charge is 0.187 e. The van der Waals surface area contributed by atoms with E-state index < -0.39 is 0 Å². The molecule has 0 fully saturated rings. The first kappa shape index (κ1) is 11.2. The zero-order valence-electron chi connectivity index (χ0n) is 9.63. The third-order valence-corrected chi connectivity index (χ3v) is 3.15. The van der Waals surface area contributed by atoms with E-state index in [4.69, 9.17) is 5.73 Å². The first-order valence-corrected chi connectivity index (χ1v) is 6.19. The maximum Gasteiger partial charge on any atom is 0.187 e. The molecule has 2 N–H and O–H groups in total. The fourth-order valence-electron chi connectivity index (χ4n) is 1.77. The Bertz CT molecular complexity index is 734. The summed E-state index contributed by atoms with van der Waals surface area (Å²) in [6, 6.07) is 9.41. The SMILES string of the molecule is Cc1ccc2nnc(-c3cc(Br)ccc3N)n2n1. The number of rotatable bonds is 1. The molecule has 0 radical (unpaired) electrons. The van der Waals surface area contributed by atoms with Crippen LogP contribution in [0.3, 0.4) is 0 Å². The van der Waals surface area contributed by atoms with E-state index in [1.54, 1.807) is 4.52 Å². The number of fused-ring (bicyclic) bond motifs is 1. The van der Waals surface area contributed by atoms with Crippen molar-refractivity contribution in [1.82, 2.24) is 19.8 Å². The molecule has 0 amide bonds. The van der Waals surface area contributed by atoms with Gasteiger partial charge in [-0.2, -0.15) is 9.61 Å². The number of nitrogens with zero attached hydrogens (tertiary/aromatic N) is 4. The maximum absolute atomic E-state index is 5.98. The standard InChI is InChI=1S/C12H10BrN5/c1-7-2-5-11-15-16-12(18(11)17-7)9-6-8(13)3-4-10(9)14/h2-6H,14H2,1H3. The van der Waals surface area contributed by atoms with Crippen LogP contribution in [0.1, 0.15) is 5.69 Å². The highest BCUT2D eigenvalue weighted by Crippen LogP contribution is 2.27. The minimum absolute atomic E-state index is 0.646. The number of halogens is 1. The van der Waals surface area contributed by atoms with Crippen molar-refractivity contribution in [3.05, 3.63) is 40.5 Å². The van der Waals surface area contributed by atoms with Gasteiger partial charge in [0, 0.05) is 15.7 Å². The normalized spacial score (nSPS) is 11.0. The summed E-state index contributed by atoms with van der Waals surface area (Å²) in [5.74, 6) is 0.646. The van der Waals surface area contributed by atoms with Gasteiger partial charge in [-0.05, 0) is 37.3 Å². The average molecular weight is 304 g/mol. The third kappa shape index (κ3) is 1.74. The summed E-state index contributed by atoms with van der Waals surface area (Å²) in [4.78, 5) is 0. The third-order valence-electron chi connectivity index (χ3n) is 2.65. The van der Waals surface area contributed by atoms with E-state index in [1.165, 1.54) is 0 Å². The molecule has 90 valence electrons. The van der Waals surface area contributed by atoms with Gasteiger partial charge in [-0.1, -0.05) is 15.9 Å². The van der Waals surface area contributed by atoms with E-state index in [2.05, 4.69) is 31.2 Å². The highest BCUT2D eigenvalue weighted by molar-refractivity contribution is 9.10. The van der Waals surface area contributed by atoms with Crippen LogP contribution >= 0.6 is 15.9 Å². The van der Waals surface area contributed by atoms with Crippen molar-refractivity contribution in [2.75, 3.05) is 5.73 Å². The topological polar surface area (TPSA) is 69.1 Å². The van der Waals surface area contributed by atoms with Crippen LogP contribution in [-0.2, 0) is 0 Å². The van der Waals surface area contributed by atoms with Crippen molar-refractivity contribution in [3.63, 3.8) is 0 Å². The highest BCUT2D eigenvalue weighted by atomic mass is 79.9. The highest BCUT2D eigenvalue weighted by Gasteiger charge is 2.12. The second-order valence-corrected chi connectivity index (χ2v) is 4.92. The fraction of sp³-hybridized carbons (Fsp3) is 0.0833. The lowest BCUT2D eigenvalue weighted by Crippen LogP contribution is -1.99. The molecule has 2 heterocycles. The monoisotopic (exact) mass is 303 g/mol. The Kier molecular flexibility index (Phi) is 2.52. The minimum Gasteiger partial charge on any atom is -0.398 e. The molecule has 0 aliphatic heterocycles. The van der Waals surface area contributed by atoms with Gasteiger partial charge in [0.15, 0.2) is 11.5 Å². The molecule has 3 aromatic rings. The van der Waals surface area contributed by atoms with E-state index in [0.717, 1.165) is 15.7 Å². The number of nitrogen functional groups attached to an aromatic ring is 1. The second kappa shape index (κ2) is 4.06. The first-order chi connectivity index (χ1) is 8.65. The molecule has 18 heavy (non-hydrogen) atoms. The van der Waals surface area contributed by atoms with Gasteiger partial charge in [0.25, 0.3) is 0 Å². The van der Waals surface area contributed by atoms with Crippen LogP contribution in [0.15, 0.2) is 34.8 Å². The Hall–Kier alpha value is -1.95. The molecular formula is C12H10BrN5. The van der Waals surface area contributed by atoms with Crippen LogP contribution in [0.25, 0.3) is 17.0 Å². The number of aryl methyl sites for hydroxylation is 1. The summed E-state index contributed by atoms with van der Waals surface area (Å²) in [6.07, 6.45) is 0. The molecule has 0 saturated carbocycles. The average Bonchev–Trinajstić information content (AvgIpc) is 2.75. The van der Waals surface area contributed by atoms with Gasteiger partial charge < -0.3 is 5.73 Å². The van der Waals surface area contributed by atoms with Crippen LogP contribution in [0.2, 0.25) is 0 Å². The number of nitrogens with two attached hydrogens (primary N) is 1. The summed E-state index contributed by atoms with van der Waals surface area (Å²) >= 11 is 3.43. The Labute approximate surface area is 112 Å². The first-order valence-electron chi connectivity index (χ1n) is 5.39. The van der Waals surface area contributed by atoms with Crippen molar-refractivity contribution in [2.45, 2.75) is 6.92 Å². The summed E-state index contributed by atoms with van der Waals surface area (Å²) in [5, 5.41) is 12.6. The molecule has 0 spiro atoms. The molecule has 0 bridgehead atoms. The van der Waals surface area contributed by atoms with Crippen LogP contribution in [0.4, 0.5) is 5.69 Å². The molecule has 0 aliphatic rings. The zero-order valence-corrected chi connectivity index (χ0v) is 11.2. The van der Waals surface area contributed by atoms with Crippen LogP contribution < -0.4 is 5.73 Å². The summed E-state index contributed by atoms with van der Waals surface area (Å²) in [6.45, 7) is 1.92. The van der Waals surface area contributed by atoms with Crippen molar-refractivity contribution in [1.29, 1.82) is 0 Å². The molecule has 0 unspecified atom stereocenters. The zero-order chi connectivity index (χ0) is 12.7. The molecular weight excluding hydrogens is 294 g/mol. The van der Waals surface area contributed by atoms with Gasteiger partial charge in [0.2, 0.25) is 0 Å². The quantitative estimate of drug-likeness (QED) is 0.701. The van der Waals surface area contributed by atoms with Crippen molar-refractivity contribution in [3.8, 4) is 11.4 Å². The summed E-state index contributed by atoms with van der Waals surface area (Å²) in [7, 11) is 0. The fourth-order valence-corrected chi connectivity index (χ4v) is 2.13. The second-order valence-electron chi connectivity index (χ2n) is 4.00. The molecule has 0 saturated heterocycles. The molecule has 2 aromatic heterocycles. The van der Waals surface area contributed by atoms with Gasteiger partial charge in [-0.25, -0.2) is 0 Å². The van der Waals surface area contributed by atoms with Gasteiger partial charge in [0.05, 0.1) is 5.69 Å². The van der Waals surface area contributed by atoms with Crippen LogP contribution in [0, 0.1) is 6.92 Å². The van der Waals surface area contributed by atoms with Crippen LogP contribution in [-0.4, -0.2) is 19.8 Å². The maximum atomic E-state index is 5.98. The summed E-state index contributed by atoms with van der Waals surface area (Å²) < 4.78 is 2.64. The van der Waals surface area contributed by atoms with E-state index in [9.17, 15) is 0 Å². The number of hydrogen-bond acceptors (Lipinski definition) is 4. The van der Waals surface area contributed by atoms with E-state index in [1.807, 2.05) is 37.3 Å². The Morgan fingerprint density at radius 3 is 2.83 bits per heavy atom. The largest absolute Gasteiger partial charge is 0.398 e. The van der Waals surface area contributed by atoms with Crippen molar-refractivity contribution >= 4 is 27.3 Å². The predicted octanol–water partition coefficient (Wildman–Crippen LogP) is 2.44. The number of aromatic nitrogens is 4. The Balaban J connectivity index is 2.31. The molecule has 1 aromatic carbocycles. The molecule has 0 aliphatic carbocycles. The number of anilines is 1. The number of hydrogen-bond donors (Lipinski definition) is 1. The van der Waals surface area contributed by atoms with Gasteiger partial charge in [-0.3, -0.25) is 0 Å². The van der Waals surface area contributed by atoms with Crippen molar-refractivity contribution < 1.29 is 0 Å².